The summed E-state index contributed by atoms with van der Waals surface area (Å²) in [6, 6.07) is 12.4. The topological polar surface area (TPSA) is 125 Å². The fourth-order valence-electron chi connectivity index (χ4n) is 5.02. The Bertz CT molecular complexity index is 1350. The number of aromatic amines is 1. The van der Waals surface area contributed by atoms with Crippen LogP contribution in [0.3, 0.4) is 0 Å². The van der Waals surface area contributed by atoms with Gasteiger partial charge in [0, 0.05) is 42.9 Å². The van der Waals surface area contributed by atoms with E-state index < -0.39 is 11.9 Å². The number of nitrogens with zero attached hydrogens (tertiary/aromatic N) is 2. The third-order valence-electron chi connectivity index (χ3n) is 6.78. The van der Waals surface area contributed by atoms with Crippen LogP contribution in [0.4, 0.5) is 4.39 Å². The van der Waals surface area contributed by atoms with E-state index in [2.05, 4.69) is 9.88 Å². The summed E-state index contributed by atoms with van der Waals surface area (Å²) in [6.45, 7) is 2.79. The van der Waals surface area contributed by atoms with Crippen molar-refractivity contribution in [3.8, 4) is 0 Å². The number of imidazole rings is 1. The number of carboxylic acid groups (broad SMARTS) is 2. The van der Waals surface area contributed by atoms with E-state index in [0.717, 1.165) is 61.9 Å². The average molecular weight is 546 g/mol. The highest BCUT2D eigenvalue weighted by atomic mass is 35.5. The maximum absolute atomic E-state index is 13.1. The number of benzene rings is 2. The van der Waals surface area contributed by atoms with Crippen molar-refractivity contribution in [1.82, 2.24) is 14.5 Å². The quantitative estimate of drug-likeness (QED) is 0.392. The lowest BCUT2D eigenvalue weighted by atomic mass is 10.0. The van der Waals surface area contributed by atoms with E-state index in [9.17, 15) is 18.8 Å². The number of hydrogen-bond donors (Lipinski definition) is 3. The number of aliphatic carboxylic acids is 2. The molecule has 11 heteroatoms. The number of halogens is 2. The Morgan fingerprint density at radius 2 is 1.68 bits per heavy atom. The maximum Gasteiger partial charge on any atom is 0.328 e. The number of nitrogens with one attached hydrogen (secondary N) is 1. The Labute approximate surface area is 223 Å². The molecule has 0 spiro atoms. The van der Waals surface area contributed by atoms with Gasteiger partial charge in [-0.05, 0) is 61.6 Å². The first-order valence-electron chi connectivity index (χ1n) is 12.4. The van der Waals surface area contributed by atoms with Crippen molar-refractivity contribution in [2.24, 2.45) is 0 Å². The number of likely N-dealkylation sites (tertiary alicyclic amines) is 1. The van der Waals surface area contributed by atoms with Gasteiger partial charge in [0.2, 0.25) is 0 Å². The normalized spacial score (nSPS) is 20.5. The lowest BCUT2D eigenvalue weighted by molar-refractivity contribution is -0.134. The number of hydrogen-bond acceptors (Lipinski definition) is 5. The molecule has 38 heavy (non-hydrogen) atoms. The van der Waals surface area contributed by atoms with Gasteiger partial charge in [-0.3, -0.25) is 4.57 Å². The molecule has 2 fully saturated rings. The van der Waals surface area contributed by atoms with E-state index in [4.69, 9.17) is 26.6 Å². The van der Waals surface area contributed by atoms with Gasteiger partial charge < -0.3 is 24.8 Å². The van der Waals surface area contributed by atoms with E-state index >= 15 is 0 Å². The average Bonchev–Trinajstić information content (AvgIpc) is 3.47. The van der Waals surface area contributed by atoms with Crippen LogP contribution < -0.4 is 5.69 Å². The third kappa shape index (κ3) is 7.09. The SMILES string of the molecule is O=C(O)/C=C\C(=O)O.O=c1[nH]c2cc(Cl)ccc2n1C1CCN(CC2CCC(c3ccc(F)cc3)O2)CC1. The van der Waals surface area contributed by atoms with Gasteiger partial charge in [0.15, 0.2) is 0 Å². The third-order valence-corrected chi connectivity index (χ3v) is 7.02. The van der Waals surface area contributed by atoms with Crippen LogP contribution >= 0.6 is 11.6 Å². The van der Waals surface area contributed by atoms with Gasteiger partial charge in [-0.1, -0.05) is 23.7 Å². The summed E-state index contributed by atoms with van der Waals surface area (Å²) in [5, 5.41) is 16.3. The smallest absolute Gasteiger partial charge is 0.328 e. The minimum absolute atomic E-state index is 0.0600. The molecule has 202 valence electrons. The first-order valence-corrected chi connectivity index (χ1v) is 12.7. The van der Waals surface area contributed by atoms with E-state index in [1.807, 2.05) is 28.8 Å². The van der Waals surface area contributed by atoms with Gasteiger partial charge >= 0.3 is 17.6 Å². The van der Waals surface area contributed by atoms with Gasteiger partial charge in [0.25, 0.3) is 0 Å². The molecule has 3 aromatic rings. The number of ether oxygens (including phenoxy) is 1. The second-order valence-electron chi connectivity index (χ2n) is 9.38. The van der Waals surface area contributed by atoms with Crippen LogP contribution in [-0.2, 0) is 14.3 Å². The van der Waals surface area contributed by atoms with Crippen molar-refractivity contribution in [3.63, 3.8) is 0 Å². The first-order chi connectivity index (χ1) is 18.2. The summed E-state index contributed by atoms with van der Waals surface area (Å²) in [7, 11) is 0. The van der Waals surface area contributed by atoms with Crippen LogP contribution in [-0.4, -0.2) is 62.3 Å². The Kier molecular flexibility index (Phi) is 8.98. The molecule has 3 N–H and O–H groups in total. The molecule has 0 aliphatic carbocycles. The van der Waals surface area contributed by atoms with Crippen LogP contribution in [0, 0.1) is 5.82 Å². The molecule has 2 aromatic carbocycles. The molecule has 9 nitrogen and oxygen atoms in total. The zero-order valence-electron chi connectivity index (χ0n) is 20.6. The summed E-state index contributed by atoms with van der Waals surface area (Å²) in [5.41, 5.74) is 2.70. The second-order valence-corrected chi connectivity index (χ2v) is 9.82. The van der Waals surface area contributed by atoms with Gasteiger partial charge in [-0.15, -0.1) is 0 Å². The Morgan fingerprint density at radius 1 is 1.03 bits per heavy atom. The molecule has 0 saturated carbocycles. The summed E-state index contributed by atoms with van der Waals surface area (Å²) in [6.07, 6.45) is 5.24. The molecule has 2 atom stereocenters. The predicted octanol–water partition coefficient (Wildman–Crippen LogP) is 4.39. The van der Waals surface area contributed by atoms with E-state index in [-0.39, 0.29) is 29.8 Å². The predicted molar refractivity (Wildman–Crippen MR) is 140 cm³/mol. The molecular formula is C27H29ClFN3O6. The molecule has 2 aliphatic rings. The Morgan fingerprint density at radius 3 is 2.32 bits per heavy atom. The molecule has 2 aliphatic heterocycles. The van der Waals surface area contributed by atoms with Gasteiger partial charge in [0.05, 0.1) is 23.2 Å². The van der Waals surface area contributed by atoms with Crippen LogP contribution in [0.15, 0.2) is 59.4 Å². The molecule has 0 bridgehead atoms. The van der Waals surface area contributed by atoms with Gasteiger partial charge in [0.1, 0.15) is 5.82 Å². The van der Waals surface area contributed by atoms with Gasteiger partial charge in [-0.2, -0.15) is 0 Å². The van der Waals surface area contributed by atoms with Crippen molar-refractivity contribution in [2.45, 2.75) is 43.9 Å². The van der Waals surface area contributed by atoms with Crippen molar-refractivity contribution < 1.29 is 28.9 Å². The van der Waals surface area contributed by atoms with Crippen molar-refractivity contribution in [3.05, 3.63) is 81.5 Å². The van der Waals surface area contributed by atoms with E-state index in [1.165, 1.54) is 12.1 Å². The Hall–Kier alpha value is -3.47. The summed E-state index contributed by atoms with van der Waals surface area (Å²) in [5.74, 6) is -2.73. The van der Waals surface area contributed by atoms with E-state index in [1.54, 1.807) is 6.07 Å². The summed E-state index contributed by atoms with van der Waals surface area (Å²) >= 11 is 6.06. The second kappa shape index (κ2) is 12.4. The number of H-pyrrole nitrogens is 1. The molecule has 1 aromatic heterocycles. The number of fused-ring (bicyclic) bond motifs is 1. The van der Waals surface area contributed by atoms with Crippen LogP contribution in [0.25, 0.3) is 11.0 Å². The molecule has 0 radical (unpaired) electrons. The number of carboxylic acids is 2. The van der Waals surface area contributed by atoms with Crippen LogP contribution in [0.1, 0.15) is 43.4 Å². The zero-order chi connectivity index (χ0) is 27.2. The van der Waals surface area contributed by atoms with Crippen LogP contribution in [0.5, 0.6) is 0 Å². The maximum atomic E-state index is 13.1. The van der Waals surface area contributed by atoms with Crippen LogP contribution in [0.2, 0.25) is 5.02 Å². The standard InChI is InChI=1S/C23H25ClFN3O2.C4H4O4/c24-16-3-7-21-20(13-16)26-23(29)28(21)18-9-11-27(12-10-18)14-19-6-8-22(30-19)15-1-4-17(25)5-2-15;5-3(6)1-2-4(7)8/h1-5,7,13,18-19,22H,6,8-12,14H2,(H,26,29);1-2H,(H,5,6)(H,7,8)/b;2-1-. The monoisotopic (exact) mass is 545 g/mol. The molecule has 0 amide bonds. The largest absolute Gasteiger partial charge is 0.478 e. The summed E-state index contributed by atoms with van der Waals surface area (Å²) in [4.78, 5) is 37.0. The molecule has 2 unspecified atom stereocenters. The fraction of sp³-hybridized carbons (Fsp3) is 0.370. The lowest BCUT2D eigenvalue weighted by Gasteiger charge is -2.33. The molecule has 2 saturated heterocycles. The highest BCUT2D eigenvalue weighted by molar-refractivity contribution is 6.31. The van der Waals surface area contributed by atoms with E-state index in [0.29, 0.717) is 17.2 Å². The van der Waals surface area contributed by atoms with Crippen molar-refractivity contribution in [1.29, 1.82) is 0 Å². The number of piperidine rings is 1. The minimum atomic E-state index is -1.26. The van der Waals surface area contributed by atoms with Gasteiger partial charge in [-0.25, -0.2) is 18.8 Å². The summed E-state index contributed by atoms with van der Waals surface area (Å²) < 4.78 is 21.3. The fourth-order valence-corrected chi connectivity index (χ4v) is 5.19. The minimum Gasteiger partial charge on any atom is -0.478 e. The highest BCUT2D eigenvalue weighted by Gasteiger charge is 2.30. The van der Waals surface area contributed by atoms with Crippen molar-refractivity contribution >= 4 is 34.6 Å². The zero-order valence-corrected chi connectivity index (χ0v) is 21.3. The molecule has 5 rings (SSSR count). The first kappa shape index (κ1) is 27.6. The number of aromatic nitrogens is 2. The Balaban J connectivity index is 0.000000368. The molecular weight excluding hydrogens is 517 g/mol. The number of rotatable bonds is 6. The lowest BCUT2D eigenvalue weighted by Crippen LogP contribution is -2.40. The highest BCUT2D eigenvalue weighted by Crippen LogP contribution is 2.34. The number of carbonyl (C=O) groups is 2. The molecule has 3 heterocycles. The van der Waals surface area contributed by atoms with Crippen molar-refractivity contribution in [2.75, 3.05) is 19.6 Å².